The van der Waals surface area contributed by atoms with E-state index >= 15 is 0 Å². The van der Waals surface area contributed by atoms with Crippen molar-refractivity contribution in [3.05, 3.63) is 58.4 Å². The lowest BCUT2D eigenvalue weighted by molar-refractivity contribution is 0.101. The van der Waals surface area contributed by atoms with Crippen molar-refractivity contribution in [3.63, 3.8) is 0 Å². The molecule has 2 rings (SSSR count). The predicted octanol–water partition coefficient (Wildman–Crippen LogP) is 4.35. The Hall–Kier alpha value is -2.38. The molecular formula is C15H9ClFNO2. The van der Waals surface area contributed by atoms with Crippen LogP contribution in [-0.2, 0) is 0 Å². The van der Waals surface area contributed by atoms with Crippen LogP contribution in [-0.4, -0.2) is 5.78 Å². The molecule has 0 saturated heterocycles. The Labute approximate surface area is 120 Å². The number of hydrogen-bond acceptors (Lipinski definition) is 3. The molecular weight excluding hydrogens is 281 g/mol. The lowest BCUT2D eigenvalue weighted by Gasteiger charge is -2.11. The highest BCUT2D eigenvalue weighted by Crippen LogP contribution is 2.32. The van der Waals surface area contributed by atoms with Crippen LogP contribution in [0.4, 0.5) is 4.39 Å². The summed E-state index contributed by atoms with van der Waals surface area (Å²) in [6.45, 7) is 1.39. The molecule has 0 aliphatic carbocycles. The van der Waals surface area contributed by atoms with E-state index in [1.807, 2.05) is 6.07 Å². The number of Topliss-reactive ketones (excluding diaryl/α,β-unsaturated/α-hetero) is 1. The Morgan fingerprint density at radius 1 is 1.25 bits per heavy atom. The van der Waals surface area contributed by atoms with Crippen LogP contribution >= 0.6 is 11.6 Å². The summed E-state index contributed by atoms with van der Waals surface area (Å²) in [6, 6.07) is 10.1. The van der Waals surface area contributed by atoms with Gasteiger partial charge < -0.3 is 4.74 Å². The van der Waals surface area contributed by atoms with Gasteiger partial charge >= 0.3 is 0 Å². The number of carbonyl (C=O) groups excluding carboxylic acids is 1. The van der Waals surface area contributed by atoms with Crippen molar-refractivity contribution in [2.75, 3.05) is 0 Å². The first kappa shape index (κ1) is 14.0. The summed E-state index contributed by atoms with van der Waals surface area (Å²) in [5.74, 6) is -0.265. The highest BCUT2D eigenvalue weighted by atomic mass is 35.5. The average molecular weight is 290 g/mol. The van der Waals surface area contributed by atoms with E-state index < -0.39 is 5.82 Å². The van der Waals surface area contributed by atoms with Crippen molar-refractivity contribution >= 4 is 17.4 Å². The maximum Gasteiger partial charge on any atom is 0.163 e. The van der Waals surface area contributed by atoms with Crippen LogP contribution in [0.1, 0.15) is 22.8 Å². The second-order valence-corrected chi connectivity index (χ2v) is 4.46. The predicted molar refractivity (Wildman–Crippen MR) is 72.6 cm³/mol. The van der Waals surface area contributed by atoms with Gasteiger partial charge in [-0.05, 0) is 43.3 Å². The Bertz CT molecular complexity index is 722. The number of nitrogens with zero attached hydrogens (tertiary/aromatic N) is 1. The number of carbonyl (C=O) groups is 1. The van der Waals surface area contributed by atoms with Gasteiger partial charge in [-0.3, -0.25) is 4.79 Å². The molecule has 3 nitrogen and oxygen atoms in total. The van der Waals surface area contributed by atoms with Crippen molar-refractivity contribution in [1.82, 2.24) is 0 Å². The smallest absolute Gasteiger partial charge is 0.163 e. The summed E-state index contributed by atoms with van der Waals surface area (Å²) in [5.41, 5.74) is 0.674. The van der Waals surface area contributed by atoms with Gasteiger partial charge in [-0.1, -0.05) is 11.6 Å². The van der Waals surface area contributed by atoms with Crippen LogP contribution in [0.2, 0.25) is 5.02 Å². The van der Waals surface area contributed by atoms with Crippen LogP contribution in [0.5, 0.6) is 11.5 Å². The molecule has 0 radical (unpaired) electrons. The minimum absolute atomic E-state index is 0.0851. The molecule has 0 saturated carbocycles. The van der Waals surface area contributed by atoms with E-state index in [-0.39, 0.29) is 22.3 Å². The number of benzene rings is 2. The van der Waals surface area contributed by atoms with E-state index in [0.29, 0.717) is 11.1 Å². The van der Waals surface area contributed by atoms with Crippen molar-refractivity contribution in [3.8, 4) is 17.6 Å². The number of hydrogen-bond donors (Lipinski definition) is 0. The fraction of sp³-hybridized carbons (Fsp3) is 0.0667. The fourth-order valence-electron chi connectivity index (χ4n) is 1.64. The van der Waals surface area contributed by atoms with Crippen LogP contribution in [0, 0.1) is 17.1 Å². The molecule has 0 atom stereocenters. The molecule has 0 spiro atoms. The molecule has 0 heterocycles. The van der Waals surface area contributed by atoms with Crippen LogP contribution in [0.3, 0.4) is 0 Å². The molecule has 0 bridgehead atoms. The zero-order valence-electron chi connectivity index (χ0n) is 10.5. The SMILES string of the molecule is CC(=O)c1ccc(C#N)cc1Oc1ccc(F)cc1Cl. The molecule has 2 aromatic rings. The van der Waals surface area contributed by atoms with E-state index in [2.05, 4.69) is 0 Å². The van der Waals surface area contributed by atoms with Gasteiger partial charge in [-0.15, -0.1) is 0 Å². The average Bonchev–Trinajstić information content (AvgIpc) is 2.41. The van der Waals surface area contributed by atoms with Gasteiger partial charge in [0, 0.05) is 0 Å². The maximum absolute atomic E-state index is 13.0. The van der Waals surface area contributed by atoms with Crippen LogP contribution < -0.4 is 4.74 Å². The fourth-order valence-corrected chi connectivity index (χ4v) is 1.85. The standard InChI is InChI=1S/C15H9ClFNO2/c1-9(19)12-4-2-10(8-18)6-15(12)20-14-5-3-11(17)7-13(14)16/h2-7H,1H3. The summed E-state index contributed by atoms with van der Waals surface area (Å²) in [5, 5.41) is 8.97. The van der Waals surface area contributed by atoms with Gasteiger partial charge in [-0.25, -0.2) is 4.39 Å². The Kier molecular flexibility index (Phi) is 4.02. The molecule has 100 valence electrons. The summed E-state index contributed by atoms with van der Waals surface area (Å²) in [6.07, 6.45) is 0. The third kappa shape index (κ3) is 2.95. The van der Waals surface area contributed by atoms with E-state index in [0.717, 1.165) is 6.07 Å². The van der Waals surface area contributed by atoms with Crippen molar-refractivity contribution in [1.29, 1.82) is 5.26 Å². The molecule has 0 amide bonds. The molecule has 5 heteroatoms. The summed E-state index contributed by atoms with van der Waals surface area (Å²) in [4.78, 5) is 11.5. The molecule has 0 unspecified atom stereocenters. The van der Waals surface area contributed by atoms with Gasteiger partial charge in [0.2, 0.25) is 0 Å². The van der Waals surface area contributed by atoms with Crippen molar-refractivity contribution in [2.24, 2.45) is 0 Å². The largest absolute Gasteiger partial charge is 0.455 e. The van der Waals surface area contributed by atoms with Gasteiger partial charge in [0.25, 0.3) is 0 Å². The Morgan fingerprint density at radius 3 is 2.60 bits per heavy atom. The molecule has 0 aliphatic rings. The van der Waals surface area contributed by atoms with Crippen LogP contribution in [0.25, 0.3) is 0 Å². The molecule has 0 N–H and O–H groups in total. The molecule has 2 aromatic carbocycles. The first-order valence-corrected chi connectivity index (χ1v) is 6.07. The van der Waals surface area contributed by atoms with Gasteiger partial charge in [0.15, 0.2) is 5.78 Å². The van der Waals surface area contributed by atoms with E-state index in [9.17, 15) is 9.18 Å². The van der Waals surface area contributed by atoms with Gasteiger partial charge in [0.05, 0.1) is 22.2 Å². The zero-order chi connectivity index (χ0) is 14.7. The third-order valence-corrected chi connectivity index (χ3v) is 2.90. The normalized spacial score (nSPS) is 9.90. The number of halogens is 2. The minimum Gasteiger partial charge on any atom is -0.455 e. The van der Waals surface area contributed by atoms with Gasteiger partial charge in [-0.2, -0.15) is 5.26 Å². The minimum atomic E-state index is -0.486. The second-order valence-electron chi connectivity index (χ2n) is 4.06. The third-order valence-electron chi connectivity index (χ3n) is 2.60. The molecule has 0 aromatic heterocycles. The van der Waals surface area contributed by atoms with Gasteiger partial charge in [0.1, 0.15) is 17.3 Å². The highest BCUT2D eigenvalue weighted by molar-refractivity contribution is 6.32. The summed E-state index contributed by atoms with van der Waals surface area (Å²) >= 11 is 5.87. The zero-order valence-corrected chi connectivity index (χ0v) is 11.2. The van der Waals surface area contributed by atoms with Crippen LogP contribution in [0.15, 0.2) is 36.4 Å². The summed E-state index contributed by atoms with van der Waals surface area (Å²) in [7, 11) is 0. The van der Waals surface area contributed by atoms with Crippen molar-refractivity contribution < 1.29 is 13.9 Å². The highest BCUT2D eigenvalue weighted by Gasteiger charge is 2.12. The van der Waals surface area contributed by atoms with E-state index in [1.165, 1.54) is 37.3 Å². The van der Waals surface area contributed by atoms with Crippen molar-refractivity contribution in [2.45, 2.75) is 6.92 Å². The molecule has 20 heavy (non-hydrogen) atoms. The Balaban J connectivity index is 2.46. The lowest BCUT2D eigenvalue weighted by Crippen LogP contribution is -1.98. The monoisotopic (exact) mass is 289 g/mol. The maximum atomic E-state index is 13.0. The Morgan fingerprint density at radius 2 is 2.00 bits per heavy atom. The molecule has 0 aliphatic heterocycles. The first-order chi connectivity index (χ1) is 9.51. The number of rotatable bonds is 3. The summed E-state index contributed by atoms with van der Waals surface area (Å²) < 4.78 is 18.5. The number of ether oxygens (including phenoxy) is 1. The van der Waals surface area contributed by atoms with E-state index in [4.69, 9.17) is 21.6 Å². The topological polar surface area (TPSA) is 50.1 Å². The quantitative estimate of drug-likeness (QED) is 0.790. The lowest BCUT2D eigenvalue weighted by atomic mass is 10.1. The molecule has 0 fully saturated rings. The number of ketones is 1. The van der Waals surface area contributed by atoms with E-state index in [1.54, 1.807) is 0 Å². The first-order valence-electron chi connectivity index (χ1n) is 5.69. The second kappa shape index (κ2) is 5.72. The number of nitriles is 1.